The number of nitriles is 1. The molecule has 1 aromatic carbocycles. The standard InChI is InChI=1S/C22H25N5O/c1-26(2)22(18-6-4-3-5-7-18)11-9-21(10-12-22)16-27(20(28)25-21)19-15-24-13-8-17(19)14-23/h3-8,13,15H,9-12,16H2,1-2H3,(H,25,28)/t21-,22+. The first kappa shape index (κ1) is 18.5. The zero-order chi connectivity index (χ0) is 19.8. The van der Waals surface area contributed by atoms with Crippen LogP contribution in [0.2, 0.25) is 0 Å². The van der Waals surface area contributed by atoms with Crippen molar-refractivity contribution >= 4 is 11.7 Å². The van der Waals surface area contributed by atoms with E-state index in [2.05, 4.69) is 59.6 Å². The van der Waals surface area contributed by atoms with Gasteiger partial charge in [0.1, 0.15) is 6.07 Å². The minimum Gasteiger partial charge on any atom is -0.330 e. The molecule has 2 amide bonds. The number of aromatic nitrogens is 1. The van der Waals surface area contributed by atoms with E-state index in [1.165, 1.54) is 5.56 Å². The highest BCUT2D eigenvalue weighted by atomic mass is 16.2. The van der Waals surface area contributed by atoms with Gasteiger partial charge in [0, 0.05) is 11.7 Å². The maximum Gasteiger partial charge on any atom is 0.322 e. The van der Waals surface area contributed by atoms with Crippen LogP contribution in [0.3, 0.4) is 0 Å². The van der Waals surface area contributed by atoms with Crippen molar-refractivity contribution in [2.24, 2.45) is 0 Å². The highest BCUT2D eigenvalue weighted by molar-refractivity contribution is 5.96. The number of hydrogen-bond donors (Lipinski definition) is 1. The Hall–Kier alpha value is -2.91. The van der Waals surface area contributed by atoms with Crippen LogP contribution in [0.25, 0.3) is 0 Å². The Balaban J connectivity index is 1.58. The molecule has 6 heteroatoms. The third kappa shape index (κ3) is 2.92. The molecule has 2 fully saturated rings. The van der Waals surface area contributed by atoms with E-state index in [0.717, 1.165) is 25.7 Å². The van der Waals surface area contributed by atoms with Crippen molar-refractivity contribution in [3.8, 4) is 6.07 Å². The fourth-order valence-corrected chi connectivity index (χ4v) is 4.77. The average molecular weight is 375 g/mol. The molecule has 0 unspecified atom stereocenters. The van der Waals surface area contributed by atoms with E-state index < -0.39 is 0 Å². The van der Waals surface area contributed by atoms with Crippen molar-refractivity contribution in [3.05, 3.63) is 59.9 Å². The number of nitrogens with one attached hydrogen (secondary N) is 1. The van der Waals surface area contributed by atoms with E-state index in [1.54, 1.807) is 23.4 Å². The van der Waals surface area contributed by atoms with Gasteiger partial charge >= 0.3 is 6.03 Å². The third-order valence-electron chi connectivity index (χ3n) is 6.49. The molecule has 144 valence electrons. The first-order chi connectivity index (χ1) is 13.5. The highest BCUT2D eigenvalue weighted by Crippen LogP contribution is 2.46. The Labute approximate surface area is 165 Å². The molecule has 4 rings (SSSR count). The summed E-state index contributed by atoms with van der Waals surface area (Å²) in [5.74, 6) is 0. The lowest BCUT2D eigenvalue weighted by Gasteiger charge is -2.48. The molecule has 1 saturated carbocycles. The van der Waals surface area contributed by atoms with Crippen molar-refractivity contribution in [2.75, 3.05) is 25.5 Å². The van der Waals surface area contributed by atoms with Gasteiger partial charge in [-0.3, -0.25) is 14.8 Å². The molecule has 0 bridgehead atoms. The van der Waals surface area contributed by atoms with Gasteiger partial charge in [0.25, 0.3) is 0 Å². The maximum atomic E-state index is 12.7. The number of pyridine rings is 1. The second-order valence-electron chi connectivity index (χ2n) is 8.09. The van der Waals surface area contributed by atoms with Crippen LogP contribution in [0, 0.1) is 11.3 Å². The zero-order valence-corrected chi connectivity index (χ0v) is 16.4. The Morgan fingerprint density at radius 1 is 1.14 bits per heavy atom. The van der Waals surface area contributed by atoms with Crippen molar-refractivity contribution < 1.29 is 4.79 Å². The van der Waals surface area contributed by atoms with Gasteiger partial charge in [0.2, 0.25) is 0 Å². The summed E-state index contributed by atoms with van der Waals surface area (Å²) < 4.78 is 0. The van der Waals surface area contributed by atoms with Crippen molar-refractivity contribution in [1.29, 1.82) is 5.26 Å². The molecule has 0 atom stereocenters. The summed E-state index contributed by atoms with van der Waals surface area (Å²) in [6, 6.07) is 14.3. The first-order valence-corrected chi connectivity index (χ1v) is 9.66. The molecule has 28 heavy (non-hydrogen) atoms. The molecular formula is C22H25N5O. The summed E-state index contributed by atoms with van der Waals surface area (Å²) in [6.45, 7) is 0.574. The smallest absolute Gasteiger partial charge is 0.322 e. The summed E-state index contributed by atoms with van der Waals surface area (Å²) in [6.07, 6.45) is 6.91. The molecule has 1 saturated heterocycles. The van der Waals surface area contributed by atoms with E-state index in [0.29, 0.717) is 17.8 Å². The second kappa shape index (κ2) is 6.92. The summed E-state index contributed by atoms with van der Waals surface area (Å²) in [7, 11) is 4.28. The molecule has 1 aliphatic carbocycles. The minimum absolute atomic E-state index is 0.0171. The number of urea groups is 1. The predicted octanol–water partition coefficient (Wildman–Crippen LogP) is 3.25. The second-order valence-corrected chi connectivity index (χ2v) is 8.09. The Morgan fingerprint density at radius 3 is 2.50 bits per heavy atom. The van der Waals surface area contributed by atoms with Crippen LogP contribution in [0.5, 0.6) is 0 Å². The van der Waals surface area contributed by atoms with Crippen molar-refractivity contribution in [3.63, 3.8) is 0 Å². The number of carbonyl (C=O) groups excluding carboxylic acids is 1. The van der Waals surface area contributed by atoms with Crippen LogP contribution in [-0.2, 0) is 5.54 Å². The fourth-order valence-electron chi connectivity index (χ4n) is 4.77. The van der Waals surface area contributed by atoms with Gasteiger partial charge in [-0.15, -0.1) is 0 Å². The van der Waals surface area contributed by atoms with Gasteiger partial charge in [-0.05, 0) is 51.4 Å². The molecule has 2 heterocycles. The van der Waals surface area contributed by atoms with E-state index >= 15 is 0 Å². The van der Waals surface area contributed by atoms with Crippen molar-refractivity contribution in [1.82, 2.24) is 15.2 Å². The first-order valence-electron chi connectivity index (χ1n) is 9.66. The summed E-state index contributed by atoms with van der Waals surface area (Å²) in [5, 5.41) is 12.6. The molecule has 2 aromatic rings. The van der Waals surface area contributed by atoms with Gasteiger partial charge in [-0.2, -0.15) is 5.26 Å². The predicted molar refractivity (Wildman–Crippen MR) is 108 cm³/mol. The van der Waals surface area contributed by atoms with Gasteiger partial charge in [-0.1, -0.05) is 30.3 Å². The molecule has 0 radical (unpaired) electrons. The number of hydrogen-bond acceptors (Lipinski definition) is 4. The average Bonchev–Trinajstić information content (AvgIpc) is 3.05. The molecule has 1 N–H and O–H groups in total. The SMILES string of the molecule is CN(C)[C@]1(c2ccccc2)CC[C@]2(CC1)CN(c1cnccc1C#N)C(=O)N2. The van der Waals surface area contributed by atoms with Gasteiger partial charge in [0.15, 0.2) is 0 Å². The topological polar surface area (TPSA) is 72.3 Å². The molecule has 1 aliphatic heterocycles. The van der Waals surface area contributed by atoms with E-state index in [-0.39, 0.29) is 17.1 Å². The Kier molecular flexibility index (Phi) is 4.56. The largest absolute Gasteiger partial charge is 0.330 e. The van der Waals surface area contributed by atoms with Crippen LogP contribution < -0.4 is 10.2 Å². The van der Waals surface area contributed by atoms with Gasteiger partial charge < -0.3 is 5.32 Å². The lowest BCUT2D eigenvalue weighted by molar-refractivity contribution is 0.0658. The molecule has 1 spiro atoms. The molecule has 1 aromatic heterocycles. The summed E-state index contributed by atoms with van der Waals surface area (Å²) >= 11 is 0. The van der Waals surface area contributed by atoms with Crippen LogP contribution in [0.1, 0.15) is 36.8 Å². The summed E-state index contributed by atoms with van der Waals surface area (Å²) in [5.41, 5.74) is 2.12. The normalized spacial score (nSPS) is 27.1. The van der Waals surface area contributed by atoms with Crippen LogP contribution in [-0.4, -0.2) is 42.1 Å². The number of anilines is 1. The maximum absolute atomic E-state index is 12.7. The Bertz CT molecular complexity index is 910. The van der Waals surface area contributed by atoms with Crippen LogP contribution in [0.15, 0.2) is 48.8 Å². The molecule has 2 aliphatic rings. The highest BCUT2D eigenvalue weighted by Gasteiger charge is 2.50. The lowest BCUT2D eigenvalue weighted by atomic mass is 9.69. The minimum atomic E-state index is -0.256. The zero-order valence-electron chi connectivity index (χ0n) is 16.4. The monoisotopic (exact) mass is 375 g/mol. The van der Waals surface area contributed by atoms with Crippen LogP contribution >= 0.6 is 0 Å². The van der Waals surface area contributed by atoms with E-state index in [1.807, 2.05) is 6.07 Å². The third-order valence-corrected chi connectivity index (χ3v) is 6.49. The van der Waals surface area contributed by atoms with Crippen molar-refractivity contribution in [2.45, 2.75) is 36.8 Å². The number of carbonyl (C=O) groups is 1. The van der Waals surface area contributed by atoms with Gasteiger partial charge in [-0.25, -0.2) is 4.79 Å². The molecule has 6 nitrogen and oxygen atoms in total. The number of amides is 2. The number of nitrogens with zero attached hydrogens (tertiary/aromatic N) is 4. The fraction of sp³-hybridized carbons (Fsp3) is 0.409. The van der Waals surface area contributed by atoms with E-state index in [9.17, 15) is 10.1 Å². The number of benzene rings is 1. The molecular weight excluding hydrogens is 350 g/mol. The van der Waals surface area contributed by atoms with E-state index in [4.69, 9.17) is 0 Å². The number of rotatable bonds is 3. The lowest BCUT2D eigenvalue weighted by Crippen LogP contribution is -2.54. The quantitative estimate of drug-likeness (QED) is 0.894. The van der Waals surface area contributed by atoms with Gasteiger partial charge in [0.05, 0.1) is 29.5 Å². The summed E-state index contributed by atoms with van der Waals surface area (Å²) in [4.78, 5) is 20.9. The van der Waals surface area contributed by atoms with Crippen LogP contribution in [0.4, 0.5) is 10.5 Å². The Morgan fingerprint density at radius 2 is 1.86 bits per heavy atom.